The molecular weight excluding hydrogens is 320 g/mol. The van der Waals surface area contributed by atoms with Crippen LogP contribution in [0.5, 0.6) is 0 Å². The summed E-state index contributed by atoms with van der Waals surface area (Å²) in [6.07, 6.45) is 0. The van der Waals surface area contributed by atoms with Crippen molar-refractivity contribution in [3.8, 4) is 0 Å². The molecule has 1 aromatic carbocycles. The van der Waals surface area contributed by atoms with Gasteiger partial charge in [-0.2, -0.15) is 0 Å². The number of benzene rings is 1. The molecule has 0 unspecified atom stereocenters. The highest BCUT2D eigenvalue weighted by molar-refractivity contribution is 7.93. The largest absolute Gasteiger partial charge is 0.263 e. The first-order valence-corrected chi connectivity index (χ1v) is 9.30. The first-order valence-electron chi connectivity index (χ1n) is 5.45. The highest BCUT2D eigenvalue weighted by Gasteiger charge is 2.20. The molecule has 20 heavy (non-hydrogen) atoms. The van der Waals surface area contributed by atoms with Gasteiger partial charge in [0.05, 0.1) is 4.90 Å². The van der Waals surface area contributed by atoms with E-state index in [-0.39, 0.29) is 9.10 Å². The molecule has 0 aliphatic heterocycles. The molecule has 0 aliphatic rings. The number of sulfonamides is 2. The van der Waals surface area contributed by atoms with E-state index in [1.165, 1.54) is 18.2 Å². The lowest BCUT2D eigenvalue weighted by molar-refractivity contribution is 0.559. The number of nitrogens with one attached hydrogen (secondary N) is 2. The van der Waals surface area contributed by atoms with Crippen molar-refractivity contribution in [2.24, 2.45) is 0 Å². The van der Waals surface area contributed by atoms with Crippen LogP contribution < -0.4 is 9.66 Å². The molecular formula is C11H12N2O4S3. The lowest BCUT2D eigenvalue weighted by Crippen LogP contribution is -2.41. The Labute approximate surface area is 121 Å². The summed E-state index contributed by atoms with van der Waals surface area (Å²) in [5.74, 6) is 0. The zero-order valence-corrected chi connectivity index (χ0v) is 12.8. The van der Waals surface area contributed by atoms with Gasteiger partial charge in [0.1, 0.15) is 4.21 Å². The summed E-state index contributed by atoms with van der Waals surface area (Å²) >= 11 is 0.993. The number of hydrogen-bond donors (Lipinski definition) is 2. The number of hydrazine groups is 1. The second kappa shape index (κ2) is 5.62. The second-order valence-corrected chi connectivity index (χ2v) is 8.50. The van der Waals surface area contributed by atoms with Crippen molar-refractivity contribution >= 4 is 31.4 Å². The van der Waals surface area contributed by atoms with E-state index in [4.69, 9.17) is 0 Å². The minimum absolute atomic E-state index is 0.0167. The van der Waals surface area contributed by atoms with Crippen molar-refractivity contribution in [3.05, 3.63) is 47.3 Å². The van der Waals surface area contributed by atoms with Gasteiger partial charge in [-0.3, -0.25) is 0 Å². The van der Waals surface area contributed by atoms with Crippen LogP contribution in [0, 0.1) is 6.92 Å². The van der Waals surface area contributed by atoms with Gasteiger partial charge in [0.15, 0.2) is 0 Å². The van der Waals surface area contributed by atoms with E-state index in [2.05, 4.69) is 0 Å². The van der Waals surface area contributed by atoms with Crippen LogP contribution in [0.25, 0.3) is 0 Å². The molecule has 0 fully saturated rings. The van der Waals surface area contributed by atoms with Gasteiger partial charge in [0.2, 0.25) is 0 Å². The Morgan fingerprint density at radius 2 is 1.50 bits per heavy atom. The molecule has 0 radical (unpaired) electrons. The molecule has 0 saturated heterocycles. The van der Waals surface area contributed by atoms with Crippen LogP contribution in [0.3, 0.4) is 0 Å². The van der Waals surface area contributed by atoms with Crippen LogP contribution in [-0.4, -0.2) is 16.8 Å². The monoisotopic (exact) mass is 332 g/mol. The smallest absolute Gasteiger partial charge is 0.206 e. The van der Waals surface area contributed by atoms with Crippen molar-refractivity contribution in [1.82, 2.24) is 9.66 Å². The molecule has 1 aromatic heterocycles. The third-order valence-electron chi connectivity index (χ3n) is 2.40. The lowest BCUT2D eigenvalue weighted by atomic mass is 10.2. The van der Waals surface area contributed by atoms with Crippen LogP contribution in [0.4, 0.5) is 0 Å². The minimum Gasteiger partial charge on any atom is -0.206 e. The van der Waals surface area contributed by atoms with Crippen molar-refractivity contribution in [2.75, 3.05) is 0 Å². The molecule has 2 N–H and O–H groups in total. The molecule has 1 heterocycles. The fourth-order valence-corrected chi connectivity index (χ4v) is 4.45. The van der Waals surface area contributed by atoms with E-state index in [1.54, 1.807) is 23.6 Å². The minimum atomic E-state index is -3.94. The van der Waals surface area contributed by atoms with Gasteiger partial charge < -0.3 is 0 Å². The Balaban J connectivity index is 2.16. The molecule has 108 valence electrons. The predicted octanol–water partition coefficient (Wildman–Crippen LogP) is 1.23. The maximum atomic E-state index is 11.9. The summed E-state index contributed by atoms with van der Waals surface area (Å²) in [6, 6.07) is 9.00. The maximum absolute atomic E-state index is 11.9. The summed E-state index contributed by atoms with van der Waals surface area (Å²) < 4.78 is 47.5. The molecule has 2 rings (SSSR count). The van der Waals surface area contributed by atoms with Crippen molar-refractivity contribution < 1.29 is 16.8 Å². The maximum Gasteiger partial charge on any atom is 0.263 e. The molecule has 0 atom stereocenters. The van der Waals surface area contributed by atoms with E-state index >= 15 is 0 Å². The fourth-order valence-electron chi connectivity index (χ4n) is 1.35. The van der Waals surface area contributed by atoms with E-state index < -0.39 is 20.0 Å². The first-order chi connectivity index (χ1) is 9.31. The summed E-state index contributed by atoms with van der Waals surface area (Å²) in [7, 11) is -7.83. The van der Waals surface area contributed by atoms with Crippen LogP contribution in [0.2, 0.25) is 0 Å². The standard InChI is InChI=1S/C11H12N2O4S3/c1-9-4-6-10(7-5-9)19(14,15)12-13-20(16,17)11-3-2-8-18-11/h2-8,12-13H,1H3. The normalized spacial score (nSPS) is 12.4. The zero-order chi connectivity index (χ0) is 14.8. The molecule has 0 amide bonds. The SMILES string of the molecule is Cc1ccc(S(=O)(=O)NNS(=O)(=O)c2cccs2)cc1. The van der Waals surface area contributed by atoms with E-state index in [9.17, 15) is 16.8 Å². The van der Waals surface area contributed by atoms with Gasteiger partial charge in [-0.25, -0.2) is 16.8 Å². The fraction of sp³-hybridized carbons (Fsp3) is 0.0909. The predicted molar refractivity (Wildman–Crippen MR) is 76.1 cm³/mol. The van der Waals surface area contributed by atoms with Gasteiger partial charge >= 0.3 is 0 Å². The molecule has 0 spiro atoms. The Morgan fingerprint density at radius 1 is 0.900 bits per heavy atom. The Kier molecular flexibility index (Phi) is 4.25. The average Bonchev–Trinajstić information content (AvgIpc) is 2.92. The molecule has 6 nitrogen and oxygen atoms in total. The Hall–Kier alpha value is -1.26. The first kappa shape index (κ1) is 15.1. The average molecular weight is 332 g/mol. The van der Waals surface area contributed by atoms with E-state index in [0.717, 1.165) is 16.9 Å². The number of aryl methyl sites for hydroxylation is 1. The van der Waals surface area contributed by atoms with Crippen LogP contribution >= 0.6 is 11.3 Å². The Bertz CT molecular complexity index is 779. The lowest BCUT2D eigenvalue weighted by Gasteiger charge is -2.08. The van der Waals surface area contributed by atoms with Crippen LogP contribution in [-0.2, 0) is 20.0 Å². The summed E-state index contributed by atoms with van der Waals surface area (Å²) in [6.45, 7) is 1.82. The molecule has 0 aliphatic carbocycles. The molecule has 0 bridgehead atoms. The third-order valence-corrected chi connectivity index (χ3v) is 6.44. The second-order valence-electron chi connectivity index (χ2n) is 3.96. The molecule has 2 aromatic rings. The summed E-state index contributed by atoms with van der Waals surface area (Å²) in [5.41, 5.74) is 0.906. The topological polar surface area (TPSA) is 92.3 Å². The van der Waals surface area contributed by atoms with Crippen molar-refractivity contribution in [1.29, 1.82) is 0 Å². The van der Waals surface area contributed by atoms with Crippen molar-refractivity contribution in [2.45, 2.75) is 16.0 Å². The van der Waals surface area contributed by atoms with Crippen LogP contribution in [0.1, 0.15) is 5.56 Å². The van der Waals surface area contributed by atoms with E-state index in [1.807, 2.05) is 16.6 Å². The van der Waals surface area contributed by atoms with Gasteiger partial charge in [0, 0.05) is 0 Å². The van der Waals surface area contributed by atoms with Crippen molar-refractivity contribution in [3.63, 3.8) is 0 Å². The van der Waals surface area contributed by atoms with Crippen LogP contribution in [0.15, 0.2) is 50.9 Å². The highest BCUT2D eigenvalue weighted by Crippen LogP contribution is 2.15. The zero-order valence-electron chi connectivity index (χ0n) is 10.4. The van der Waals surface area contributed by atoms with Gasteiger partial charge in [0.25, 0.3) is 20.0 Å². The number of thiophene rings is 1. The summed E-state index contributed by atoms with van der Waals surface area (Å²) in [4.78, 5) is 3.71. The molecule has 9 heteroatoms. The summed E-state index contributed by atoms with van der Waals surface area (Å²) in [5, 5.41) is 1.59. The quantitative estimate of drug-likeness (QED) is 0.806. The number of hydrogen-bond acceptors (Lipinski definition) is 5. The Morgan fingerprint density at radius 3 is 2.05 bits per heavy atom. The highest BCUT2D eigenvalue weighted by atomic mass is 32.2. The number of rotatable bonds is 5. The van der Waals surface area contributed by atoms with Gasteiger partial charge in [-0.15, -0.1) is 21.0 Å². The van der Waals surface area contributed by atoms with E-state index in [0.29, 0.717) is 0 Å². The molecule has 0 saturated carbocycles. The third kappa shape index (κ3) is 3.44. The van der Waals surface area contributed by atoms with Gasteiger partial charge in [-0.1, -0.05) is 23.8 Å². The van der Waals surface area contributed by atoms with Gasteiger partial charge in [-0.05, 0) is 30.5 Å².